The van der Waals surface area contributed by atoms with Crippen molar-refractivity contribution in [2.24, 2.45) is 10.9 Å². The van der Waals surface area contributed by atoms with Crippen LogP contribution in [0, 0.1) is 0 Å². The number of methoxy groups -OCH3 is 1. The highest BCUT2D eigenvalue weighted by molar-refractivity contribution is 9.09. The van der Waals surface area contributed by atoms with Crippen molar-refractivity contribution in [3.8, 4) is 11.5 Å². The molecule has 0 heterocycles. The van der Waals surface area contributed by atoms with Gasteiger partial charge in [0.15, 0.2) is 11.5 Å². The molecule has 0 bridgehead atoms. The Morgan fingerprint density at radius 3 is 2.63 bits per heavy atom. The van der Waals surface area contributed by atoms with E-state index in [-0.39, 0.29) is 23.2 Å². The number of alkyl halides is 4. The van der Waals surface area contributed by atoms with Gasteiger partial charge in [-0.25, -0.2) is 4.79 Å². The normalized spacial score (nSPS) is 12.9. The average Bonchev–Trinajstić information content (AvgIpc) is 2.61. The number of carbonyl (C=O) groups excluding carboxylic acids is 1. The van der Waals surface area contributed by atoms with Gasteiger partial charge in [-0.2, -0.15) is 18.3 Å². The smallest absolute Gasteiger partial charge is 0.491 e. The molecule has 0 saturated heterocycles. The molecule has 0 spiro atoms. The molecule has 0 amide bonds. The fraction of sp³-hybridized carbons (Fsp3) is 0.294. The zero-order chi connectivity index (χ0) is 20.0. The lowest BCUT2D eigenvalue weighted by Crippen LogP contribution is -2.33. The van der Waals surface area contributed by atoms with Crippen LogP contribution in [0.3, 0.4) is 0 Å². The molecule has 2 aromatic rings. The van der Waals surface area contributed by atoms with Gasteiger partial charge in [-0.05, 0) is 23.1 Å². The maximum atomic E-state index is 12.5. The quantitative estimate of drug-likeness (QED) is 0.174. The van der Waals surface area contributed by atoms with Crippen molar-refractivity contribution >= 4 is 38.9 Å². The Morgan fingerprint density at radius 1 is 1.33 bits per heavy atom. The van der Waals surface area contributed by atoms with Crippen LogP contribution in [0.15, 0.2) is 35.4 Å². The molecule has 1 unspecified atom stereocenters. The maximum Gasteiger partial charge on any atom is 0.491 e. The van der Waals surface area contributed by atoms with E-state index in [1.807, 2.05) is 0 Å². The molecule has 146 valence electrons. The van der Waals surface area contributed by atoms with E-state index in [1.54, 1.807) is 30.3 Å². The van der Waals surface area contributed by atoms with E-state index in [4.69, 9.17) is 15.3 Å². The Labute approximate surface area is 161 Å². The summed E-state index contributed by atoms with van der Waals surface area (Å²) in [5.41, 5.74) is 0.646. The third-order valence-corrected chi connectivity index (χ3v) is 3.93. The van der Waals surface area contributed by atoms with Crippen molar-refractivity contribution in [1.82, 2.24) is 0 Å². The van der Waals surface area contributed by atoms with Crippen molar-refractivity contribution in [3.63, 3.8) is 0 Å². The summed E-state index contributed by atoms with van der Waals surface area (Å²) < 4.78 is 52.9. The van der Waals surface area contributed by atoms with Crippen molar-refractivity contribution in [1.29, 1.82) is 0 Å². The molecule has 0 aliphatic rings. The second-order valence-corrected chi connectivity index (χ2v) is 6.08. The lowest BCUT2D eigenvalue weighted by atomic mass is 10.1. The number of carbonyl (C=O) groups is 1. The molecular formula is C17H16BrF3N2O4. The molecule has 27 heavy (non-hydrogen) atoms. The Kier molecular flexibility index (Phi) is 6.89. The number of hydrogen-bond acceptors (Lipinski definition) is 6. The summed E-state index contributed by atoms with van der Waals surface area (Å²) in [7, 11) is 1.39. The number of rotatable bonds is 7. The Hall–Kier alpha value is -2.49. The summed E-state index contributed by atoms with van der Waals surface area (Å²) in [6.45, 7) is 0. The van der Waals surface area contributed by atoms with Gasteiger partial charge in [0.2, 0.25) is 6.29 Å². The van der Waals surface area contributed by atoms with Crippen LogP contribution >= 0.6 is 15.9 Å². The number of hydrazone groups is 1. The van der Waals surface area contributed by atoms with Crippen molar-refractivity contribution in [2.45, 2.75) is 18.9 Å². The fourth-order valence-corrected chi connectivity index (χ4v) is 2.66. The highest BCUT2D eigenvalue weighted by Crippen LogP contribution is 2.37. The molecule has 6 nitrogen and oxygen atoms in total. The number of ether oxygens (including phenoxy) is 3. The summed E-state index contributed by atoms with van der Waals surface area (Å²) in [6.07, 6.45) is -5.19. The molecule has 0 aromatic heterocycles. The lowest BCUT2D eigenvalue weighted by Gasteiger charge is -2.22. The van der Waals surface area contributed by atoms with E-state index < -0.39 is 18.4 Å². The maximum absolute atomic E-state index is 12.5. The molecule has 0 aliphatic carbocycles. The van der Waals surface area contributed by atoms with Crippen molar-refractivity contribution < 1.29 is 32.2 Å². The van der Waals surface area contributed by atoms with Crippen LogP contribution in [0.5, 0.6) is 11.5 Å². The van der Waals surface area contributed by atoms with Gasteiger partial charge in [0, 0.05) is 17.1 Å². The zero-order valence-electron chi connectivity index (χ0n) is 14.1. The predicted molar refractivity (Wildman–Crippen MR) is 97.3 cm³/mol. The molecule has 1 atom stereocenters. The van der Waals surface area contributed by atoms with Crippen LogP contribution in [0.2, 0.25) is 0 Å². The molecule has 0 fully saturated rings. The molecule has 0 radical (unpaired) electrons. The molecule has 2 N–H and O–H groups in total. The molecule has 2 rings (SSSR count). The van der Waals surface area contributed by atoms with Crippen molar-refractivity contribution in [3.05, 3.63) is 35.9 Å². The van der Waals surface area contributed by atoms with Crippen molar-refractivity contribution in [2.75, 3.05) is 12.4 Å². The first kappa shape index (κ1) is 20.8. The first-order chi connectivity index (χ1) is 12.8. The highest BCUT2D eigenvalue weighted by atomic mass is 79.9. The highest BCUT2D eigenvalue weighted by Gasteiger charge is 2.42. The Morgan fingerprint density at radius 2 is 2.04 bits per heavy atom. The summed E-state index contributed by atoms with van der Waals surface area (Å²) in [5, 5.41) is 4.97. The third-order valence-electron chi connectivity index (χ3n) is 3.47. The molecule has 0 aliphatic heterocycles. The minimum Gasteiger partial charge on any atom is -0.493 e. The van der Waals surface area contributed by atoms with E-state index >= 15 is 0 Å². The molecule has 0 saturated carbocycles. The van der Waals surface area contributed by atoms with Gasteiger partial charge in [-0.3, -0.25) is 0 Å². The number of hydrogen-bond donors (Lipinski definition) is 1. The van der Waals surface area contributed by atoms with Crippen LogP contribution in [0.1, 0.15) is 12.0 Å². The number of halogens is 4. The fourth-order valence-electron chi connectivity index (χ4n) is 2.29. The van der Waals surface area contributed by atoms with Gasteiger partial charge in [0.25, 0.3) is 0 Å². The first-order valence-corrected chi connectivity index (χ1v) is 8.76. The number of nitrogens with zero attached hydrogens (tertiary/aromatic N) is 1. The predicted octanol–water partition coefficient (Wildman–Crippen LogP) is 3.74. The summed E-state index contributed by atoms with van der Waals surface area (Å²) in [6, 6.07) is 8.56. The molecule has 10 heteroatoms. The topological polar surface area (TPSA) is 83.1 Å². The van der Waals surface area contributed by atoms with E-state index in [1.165, 1.54) is 13.3 Å². The Balaban J connectivity index is 2.46. The molecular weight excluding hydrogens is 433 g/mol. The largest absolute Gasteiger partial charge is 0.493 e. The number of fused-ring (bicyclic) bond motifs is 1. The summed E-state index contributed by atoms with van der Waals surface area (Å²) in [5.74, 6) is 3.24. The van der Waals surface area contributed by atoms with Gasteiger partial charge in [-0.1, -0.05) is 34.1 Å². The minimum atomic E-state index is -5.12. The molecule has 2 aromatic carbocycles. The van der Waals surface area contributed by atoms with E-state index in [9.17, 15) is 18.0 Å². The van der Waals surface area contributed by atoms with Gasteiger partial charge < -0.3 is 20.1 Å². The van der Waals surface area contributed by atoms with Gasteiger partial charge in [0.1, 0.15) is 0 Å². The van der Waals surface area contributed by atoms with Gasteiger partial charge in [-0.15, -0.1) is 0 Å². The van der Waals surface area contributed by atoms with Crippen LogP contribution in [0.4, 0.5) is 13.2 Å². The van der Waals surface area contributed by atoms with E-state index in [2.05, 4.69) is 25.8 Å². The standard InChI is InChI=1S/C17H16BrF3N2O4/c1-25-13-5-4-11-3-2-10(9-23-22)8-12(11)15(13)26-14(6-7-18)27-16(24)17(19,20)21/h2-5,8-9,14H,6-7,22H2,1H3/b23-9+. The summed E-state index contributed by atoms with van der Waals surface area (Å²) in [4.78, 5) is 11.2. The second kappa shape index (κ2) is 8.94. The van der Waals surface area contributed by atoms with Gasteiger partial charge in [0.05, 0.1) is 13.3 Å². The third kappa shape index (κ3) is 5.25. The van der Waals surface area contributed by atoms with Crippen LogP contribution < -0.4 is 15.3 Å². The lowest BCUT2D eigenvalue weighted by molar-refractivity contribution is -0.216. The number of nitrogens with two attached hydrogens (primary N) is 1. The SMILES string of the molecule is COc1ccc2ccc(/C=N/N)cc2c1OC(CCBr)OC(=O)C(F)(F)F. The first-order valence-electron chi connectivity index (χ1n) is 7.64. The van der Waals surface area contributed by atoms with Crippen LogP contribution in [-0.4, -0.2) is 37.1 Å². The Bertz CT molecular complexity index is 843. The second-order valence-electron chi connectivity index (χ2n) is 5.28. The zero-order valence-corrected chi connectivity index (χ0v) is 15.7. The number of esters is 1. The van der Waals surface area contributed by atoms with Crippen LogP contribution in [-0.2, 0) is 9.53 Å². The average molecular weight is 449 g/mol. The summed E-state index contributed by atoms with van der Waals surface area (Å²) >= 11 is 3.11. The minimum absolute atomic E-state index is 0.00862. The van der Waals surface area contributed by atoms with Crippen LogP contribution in [0.25, 0.3) is 10.8 Å². The van der Waals surface area contributed by atoms with Gasteiger partial charge >= 0.3 is 12.1 Å². The van der Waals surface area contributed by atoms with E-state index in [0.29, 0.717) is 10.9 Å². The number of benzene rings is 2. The monoisotopic (exact) mass is 448 g/mol. The van der Waals surface area contributed by atoms with E-state index in [0.717, 1.165) is 5.39 Å².